The molecule has 30 heavy (non-hydrogen) atoms. The molecule has 1 saturated heterocycles. The quantitative estimate of drug-likeness (QED) is 0.683. The fourth-order valence-electron chi connectivity index (χ4n) is 4.69. The Morgan fingerprint density at radius 2 is 1.43 bits per heavy atom. The number of carbonyl (C=O) groups excluding carboxylic acids is 2. The maximum atomic E-state index is 13.7. The molecule has 1 fully saturated rings. The van der Waals surface area contributed by atoms with Gasteiger partial charge in [-0.05, 0) is 80.8 Å². The van der Waals surface area contributed by atoms with E-state index in [1.165, 1.54) is 4.90 Å². The molecular formula is C26H30N2O2. The number of anilines is 1. The summed E-state index contributed by atoms with van der Waals surface area (Å²) in [7, 11) is 0. The minimum absolute atomic E-state index is 0.200. The van der Waals surface area contributed by atoms with Crippen molar-refractivity contribution in [1.82, 2.24) is 4.90 Å². The van der Waals surface area contributed by atoms with E-state index in [-0.39, 0.29) is 11.8 Å². The smallest absolute Gasteiger partial charge is 0.282 e. The summed E-state index contributed by atoms with van der Waals surface area (Å²) in [4.78, 5) is 30.9. The van der Waals surface area contributed by atoms with Gasteiger partial charge in [0.15, 0.2) is 0 Å². The number of likely N-dealkylation sites (tertiary alicyclic amines) is 1. The summed E-state index contributed by atoms with van der Waals surface area (Å²) in [5.41, 5.74) is 6.89. The Balaban J connectivity index is 1.86. The van der Waals surface area contributed by atoms with E-state index in [9.17, 15) is 9.59 Å². The Bertz CT molecular complexity index is 1040. The molecular weight excluding hydrogens is 372 g/mol. The first-order valence-corrected chi connectivity index (χ1v) is 10.8. The highest BCUT2D eigenvalue weighted by Crippen LogP contribution is 2.38. The van der Waals surface area contributed by atoms with E-state index in [2.05, 4.69) is 24.0 Å². The molecule has 0 radical (unpaired) electrons. The Labute approximate surface area is 179 Å². The molecule has 0 bridgehead atoms. The third kappa shape index (κ3) is 3.55. The molecule has 0 aliphatic carbocycles. The first-order chi connectivity index (χ1) is 14.3. The lowest BCUT2D eigenvalue weighted by Gasteiger charge is -2.32. The highest BCUT2D eigenvalue weighted by Gasteiger charge is 2.43. The second-order valence-electron chi connectivity index (χ2n) is 9.00. The van der Waals surface area contributed by atoms with E-state index in [1.54, 1.807) is 0 Å². The van der Waals surface area contributed by atoms with E-state index in [4.69, 9.17) is 0 Å². The third-order valence-corrected chi connectivity index (χ3v) is 6.28. The molecule has 0 unspecified atom stereocenters. The highest BCUT2D eigenvalue weighted by molar-refractivity contribution is 6.45. The van der Waals surface area contributed by atoms with Crippen LogP contribution in [0.1, 0.15) is 47.6 Å². The summed E-state index contributed by atoms with van der Waals surface area (Å²) < 4.78 is 0. The zero-order valence-electron chi connectivity index (χ0n) is 18.6. The van der Waals surface area contributed by atoms with Gasteiger partial charge < -0.3 is 4.90 Å². The van der Waals surface area contributed by atoms with Crippen LogP contribution >= 0.6 is 0 Å². The third-order valence-electron chi connectivity index (χ3n) is 6.28. The number of rotatable bonds is 3. The number of aryl methyl sites for hydroxylation is 4. The topological polar surface area (TPSA) is 40.6 Å². The fourth-order valence-corrected chi connectivity index (χ4v) is 4.69. The lowest BCUT2D eigenvalue weighted by molar-refractivity contribution is -0.120. The minimum Gasteiger partial charge on any atom is -0.366 e. The van der Waals surface area contributed by atoms with Gasteiger partial charge in [-0.1, -0.05) is 36.8 Å². The molecule has 2 aromatic rings. The molecule has 2 aliphatic rings. The monoisotopic (exact) mass is 402 g/mol. The number of piperidine rings is 1. The van der Waals surface area contributed by atoms with Gasteiger partial charge in [-0.25, -0.2) is 4.90 Å². The molecule has 0 atom stereocenters. The lowest BCUT2D eigenvalue weighted by Crippen LogP contribution is -2.38. The van der Waals surface area contributed by atoms with E-state index in [1.807, 2.05) is 52.0 Å². The highest BCUT2D eigenvalue weighted by atomic mass is 16.2. The standard InChI is InChI=1S/C26H30N2O2/c1-16-8-10-27(11-9-16)24-23(22-7-6-17(2)13-20(22)5)25(29)28(26(24)30)21-14-18(3)12-19(4)15-21/h6-7,12-16H,8-11H2,1-5H3. The van der Waals surface area contributed by atoms with Gasteiger partial charge in [-0.15, -0.1) is 0 Å². The van der Waals surface area contributed by atoms with Gasteiger partial charge in [-0.3, -0.25) is 9.59 Å². The molecule has 2 aliphatic heterocycles. The Hall–Kier alpha value is -2.88. The first kappa shape index (κ1) is 20.4. The normalized spacial score (nSPS) is 18.0. The summed E-state index contributed by atoms with van der Waals surface area (Å²) in [6, 6.07) is 12.0. The van der Waals surface area contributed by atoms with Crippen molar-refractivity contribution >= 4 is 23.1 Å². The second kappa shape index (κ2) is 7.75. The van der Waals surface area contributed by atoms with Crippen molar-refractivity contribution in [3.8, 4) is 0 Å². The molecule has 0 spiro atoms. The molecule has 0 saturated carbocycles. The van der Waals surface area contributed by atoms with Crippen LogP contribution in [0.25, 0.3) is 5.57 Å². The Kier molecular flexibility index (Phi) is 5.27. The number of nitrogens with zero attached hydrogens (tertiary/aromatic N) is 2. The Morgan fingerprint density at radius 1 is 0.800 bits per heavy atom. The van der Waals surface area contributed by atoms with Crippen molar-refractivity contribution in [3.63, 3.8) is 0 Å². The zero-order valence-corrected chi connectivity index (χ0v) is 18.6. The molecule has 4 rings (SSSR count). The maximum absolute atomic E-state index is 13.7. The van der Waals surface area contributed by atoms with Crippen LogP contribution in [0, 0.1) is 33.6 Å². The van der Waals surface area contributed by atoms with Crippen LogP contribution in [0.2, 0.25) is 0 Å². The maximum Gasteiger partial charge on any atom is 0.282 e. The molecule has 2 heterocycles. The van der Waals surface area contributed by atoms with Crippen molar-refractivity contribution in [2.45, 2.75) is 47.5 Å². The molecule has 4 heteroatoms. The molecule has 2 aromatic carbocycles. The first-order valence-electron chi connectivity index (χ1n) is 10.8. The number of hydrogen-bond donors (Lipinski definition) is 0. The van der Waals surface area contributed by atoms with Gasteiger partial charge in [0.05, 0.1) is 11.3 Å². The molecule has 2 amide bonds. The van der Waals surface area contributed by atoms with Crippen molar-refractivity contribution in [2.75, 3.05) is 18.0 Å². The summed E-state index contributed by atoms with van der Waals surface area (Å²) in [6.45, 7) is 11.9. The van der Waals surface area contributed by atoms with Crippen molar-refractivity contribution in [1.29, 1.82) is 0 Å². The average Bonchev–Trinajstić information content (AvgIpc) is 2.92. The largest absolute Gasteiger partial charge is 0.366 e. The number of amides is 2. The average molecular weight is 403 g/mol. The van der Waals surface area contributed by atoms with Gasteiger partial charge in [0.1, 0.15) is 5.70 Å². The van der Waals surface area contributed by atoms with Crippen molar-refractivity contribution < 1.29 is 9.59 Å². The van der Waals surface area contributed by atoms with Gasteiger partial charge in [-0.2, -0.15) is 0 Å². The molecule has 4 nitrogen and oxygen atoms in total. The molecule has 0 N–H and O–H groups in total. The number of benzene rings is 2. The van der Waals surface area contributed by atoms with Crippen LogP contribution < -0.4 is 4.90 Å². The van der Waals surface area contributed by atoms with E-state index in [0.717, 1.165) is 53.7 Å². The minimum atomic E-state index is -0.217. The summed E-state index contributed by atoms with van der Waals surface area (Å²) in [6.07, 6.45) is 2.07. The Morgan fingerprint density at radius 3 is 2.03 bits per heavy atom. The van der Waals surface area contributed by atoms with Crippen LogP contribution in [0.4, 0.5) is 5.69 Å². The van der Waals surface area contributed by atoms with E-state index >= 15 is 0 Å². The van der Waals surface area contributed by atoms with Crippen LogP contribution in [-0.4, -0.2) is 29.8 Å². The van der Waals surface area contributed by atoms with Crippen LogP contribution in [0.15, 0.2) is 42.1 Å². The van der Waals surface area contributed by atoms with Crippen LogP contribution in [-0.2, 0) is 9.59 Å². The van der Waals surface area contributed by atoms with Gasteiger partial charge in [0.25, 0.3) is 11.8 Å². The summed E-state index contributed by atoms with van der Waals surface area (Å²) >= 11 is 0. The number of carbonyl (C=O) groups is 2. The van der Waals surface area contributed by atoms with Gasteiger partial charge in [0.2, 0.25) is 0 Å². The number of imide groups is 1. The molecule has 0 aromatic heterocycles. The van der Waals surface area contributed by atoms with E-state index < -0.39 is 0 Å². The molecule has 156 valence electrons. The van der Waals surface area contributed by atoms with Crippen molar-refractivity contribution in [3.05, 3.63) is 69.9 Å². The predicted molar refractivity (Wildman–Crippen MR) is 121 cm³/mol. The zero-order chi connectivity index (χ0) is 21.6. The van der Waals surface area contributed by atoms with E-state index in [0.29, 0.717) is 22.9 Å². The second-order valence-corrected chi connectivity index (χ2v) is 9.00. The fraction of sp³-hybridized carbons (Fsp3) is 0.385. The van der Waals surface area contributed by atoms with Crippen LogP contribution in [0.5, 0.6) is 0 Å². The summed E-state index contributed by atoms with van der Waals surface area (Å²) in [5.74, 6) is 0.231. The van der Waals surface area contributed by atoms with Crippen molar-refractivity contribution in [2.24, 2.45) is 5.92 Å². The number of hydrogen-bond acceptors (Lipinski definition) is 3. The van der Waals surface area contributed by atoms with Gasteiger partial charge >= 0.3 is 0 Å². The summed E-state index contributed by atoms with van der Waals surface area (Å²) in [5, 5.41) is 0. The predicted octanol–water partition coefficient (Wildman–Crippen LogP) is 4.94. The van der Waals surface area contributed by atoms with Crippen LogP contribution in [0.3, 0.4) is 0 Å². The SMILES string of the molecule is Cc1cc(C)cc(N2C(=O)C(c3ccc(C)cc3C)=C(N3CCC(C)CC3)C2=O)c1. The lowest BCUT2D eigenvalue weighted by atomic mass is 9.95. The van der Waals surface area contributed by atoms with Gasteiger partial charge in [0, 0.05) is 13.1 Å².